The predicted octanol–water partition coefficient (Wildman–Crippen LogP) is 1.34. The van der Waals surface area contributed by atoms with Gasteiger partial charge in [-0.1, -0.05) is 11.6 Å². The first-order valence-electron chi connectivity index (χ1n) is 7.16. The molecule has 6 nitrogen and oxygen atoms in total. The van der Waals surface area contributed by atoms with Gasteiger partial charge in [0.1, 0.15) is 4.90 Å². The highest BCUT2D eigenvalue weighted by atomic mass is 35.5. The van der Waals surface area contributed by atoms with Crippen molar-refractivity contribution in [1.82, 2.24) is 9.71 Å². The van der Waals surface area contributed by atoms with Crippen LogP contribution >= 0.6 is 11.6 Å². The van der Waals surface area contributed by atoms with Crippen LogP contribution in [-0.2, 0) is 10.0 Å². The number of nitrogens with zero attached hydrogens (tertiary/aromatic N) is 1. The second kappa shape index (κ2) is 4.55. The molecule has 8 heteroatoms. The fourth-order valence-corrected chi connectivity index (χ4v) is 5.96. The third kappa shape index (κ3) is 2.06. The number of hydrogen-bond donors (Lipinski definition) is 3. The van der Waals surface area contributed by atoms with Crippen molar-refractivity contribution in [2.45, 2.75) is 30.2 Å². The number of hydrogen-bond acceptors (Lipinski definition) is 5. The summed E-state index contributed by atoms with van der Waals surface area (Å²) in [5.74, 6) is 8.04. The van der Waals surface area contributed by atoms with Crippen LogP contribution in [0.4, 0.5) is 5.82 Å². The van der Waals surface area contributed by atoms with E-state index in [4.69, 9.17) is 17.4 Å². The number of pyridine rings is 1. The van der Waals surface area contributed by atoms with Crippen molar-refractivity contribution in [1.29, 1.82) is 0 Å². The number of sulfonamides is 1. The maximum atomic E-state index is 12.4. The number of aromatic nitrogens is 1. The molecule has 0 aliphatic heterocycles. The van der Waals surface area contributed by atoms with Gasteiger partial charge in [-0.15, -0.1) is 0 Å². The fourth-order valence-electron chi connectivity index (χ4n) is 4.40. The first-order valence-corrected chi connectivity index (χ1v) is 9.02. The number of nitrogens with one attached hydrogen (secondary N) is 2. The summed E-state index contributed by atoms with van der Waals surface area (Å²) in [6.07, 6.45) is 5.08. The second-order valence-corrected chi connectivity index (χ2v) is 8.40. The van der Waals surface area contributed by atoms with E-state index >= 15 is 0 Å². The van der Waals surface area contributed by atoms with Crippen molar-refractivity contribution in [2.75, 3.05) is 5.43 Å². The van der Waals surface area contributed by atoms with Gasteiger partial charge in [-0.3, -0.25) is 0 Å². The lowest BCUT2D eigenvalue weighted by Crippen LogP contribution is -2.30. The number of hydrazine groups is 1. The lowest BCUT2D eigenvalue weighted by Gasteiger charge is -2.12. The molecule has 1 aromatic heterocycles. The molecule has 1 heterocycles. The number of rotatable bonds is 4. The zero-order chi connectivity index (χ0) is 14.8. The van der Waals surface area contributed by atoms with Gasteiger partial charge in [0.25, 0.3) is 0 Å². The molecule has 0 radical (unpaired) electrons. The maximum absolute atomic E-state index is 12.4. The molecule has 4 atom stereocenters. The molecule has 0 aromatic carbocycles. The smallest absolute Gasteiger partial charge is 0.242 e. The van der Waals surface area contributed by atoms with Gasteiger partial charge in [0, 0.05) is 12.2 Å². The molecular formula is C13H17ClN4O2S. The average Bonchev–Trinajstić information content (AvgIpc) is 2.85. The normalized spacial score (nSPS) is 36.6. The van der Waals surface area contributed by atoms with Crippen molar-refractivity contribution >= 4 is 27.4 Å². The molecule has 4 unspecified atom stereocenters. The lowest BCUT2D eigenvalue weighted by atomic mass is 10.0. The molecule has 114 valence electrons. The van der Waals surface area contributed by atoms with E-state index in [-0.39, 0.29) is 21.8 Å². The summed E-state index contributed by atoms with van der Waals surface area (Å²) in [5, 5.41) is 0.191. The third-order valence-corrected chi connectivity index (χ3v) is 7.00. The predicted molar refractivity (Wildman–Crippen MR) is 79.0 cm³/mol. The van der Waals surface area contributed by atoms with Gasteiger partial charge in [0.15, 0.2) is 5.82 Å². The number of nitrogen functional groups attached to an aromatic ring is 1. The maximum Gasteiger partial charge on any atom is 0.242 e. The first kappa shape index (κ1) is 13.8. The molecule has 0 amide bonds. The molecule has 3 saturated carbocycles. The number of nitrogens with two attached hydrogens (primary N) is 1. The summed E-state index contributed by atoms with van der Waals surface area (Å²) in [5.41, 5.74) is 2.32. The van der Waals surface area contributed by atoms with Gasteiger partial charge in [-0.2, -0.15) is 0 Å². The van der Waals surface area contributed by atoms with Gasteiger partial charge in [0.2, 0.25) is 10.0 Å². The Labute approximate surface area is 128 Å². The molecule has 3 fully saturated rings. The molecule has 4 rings (SSSR count). The summed E-state index contributed by atoms with van der Waals surface area (Å²) in [4.78, 5) is 4.00. The molecule has 3 aliphatic carbocycles. The van der Waals surface area contributed by atoms with E-state index < -0.39 is 10.0 Å². The third-order valence-electron chi connectivity index (χ3n) is 5.29. The van der Waals surface area contributed by atoms with Crippen LogP contribution in [0, 0.1) is 23.7 Å². The molecule has 1 aromatic rings. The van der Waals surface area contributed by atoms with Crippen molar-refractivity contribution in [3.63, 3.8) is 0 Å². The minimum Gasteiger partial charge on any atom is -0.307 e. The molecular weight excluding hydrogens is 312 g/mol. The molecule has 21 heavy (non-hydrogen) atoms. The summed E-state index contributed by atoms with van der Waals surface area (Å²) >= 11 is 5.94. The first-order chi connectivity index (χ1) is 10.0. The zero-order valence-corrected chi connectivity index (χ0v) is 12.9. The zero-order valence-electron chi connectivity index (χ0n) is 11.3. The topological polar surface area (TPSA) is 97.1 Å². The van der Waals surface area contributed by atoms with Crippen LogP contribution in [-0.4, -0.2) is 19.4 Å². The van der Waals surface area contributed by atoms with Gasteiger partial charge in [-0.05, 0) is 49.0 Å². The Kier molecular flexibility index (Phi) is 2.98. The van der Waals surface area contributed by atoms with E-state index in [1.165, 1.54) is 31.5 Å². The lowest BCUT2D eigenvalue weighted by molar-refractivity contribution is 0.456. The van der Waals surface area contributed by atoms with Crippen molar-refractivity contribution in [2.24, 2.45) is 29.5 Å². The standard InChI is InChI=1S/C13H17ClN4O2S/c14-9-4-8(5-16-13(9)17-15)21(19,20)18-12-10-6-1-2-7(3-6)11(10)12/h4-7,10-12,18H,1-3,15H2,(H,16,17). The highest BCUT2D eigenvalue weighted by Crippen LogP contribution is 2.65. The monoisotopic (exact) mass is 328 g/mol. The molecule has 2 bridgehead atoms. The molecule has 3 aliphatic rings. The van der Waals surface area contributed by atoms with Crippen LogP contribution < -0.4 is 16.0 Å². The molecule has 0 spiro atoms. The summed E-state index contributed by atoms with van der Waals surface area (Å²) in [6, 6.07) is 1.48. The quantitative estimate of drug-likeness (QED) is 0.572. The van der Waals surface area contributed by atoms with Crippen LogP contribution in [0.5, 0.6) is 0 Å². The van der Waals surface area contributed by atoms with Crippen LogP contribution in [0.3, 0.4) is 0 Å². The Morgan fingerprint density at radius 3 is 2.52 bits per heavy atom. The van der Waals surface area contributed by atoms with E-state index in [9.17, 15) is 8.42 Å². The Morgan fingerprint density at radius 1 is 1.29 bits per heavy atom. The minimum atomic E-state index is -3.57. The summed E-state index contributed by atoms with van der Waals surface area (Å²) in [6.45, 7) is 0. The van der Waals surface area contributed by atoms with Crippen molar-refractivity contribution < 1.29 is 8.42 Å². The fraction of sp³-hybridized carbons (Fsp3) is 0.615. The van der Waals surface area contributed by atoms with Crippen LogP contribution in [0.25, 0.3) is 0 Å². The van der Waals surface area contributed by atoms with E-state index in [1.807, 2.05) is 0 Å². The van der Waals surface area contributed by atoms with Crippen molar-refractivity contribution in [3.8, 4) is 0 Å². The Morgan fingerprint density at radius 2 is 1.95 bits per heavy atom. The molecule has 0 saturated heterocycles. The summed E-state index contributed by atoms with van der Waals surface area (Å²) < 4.78 is 27.7. The van der Waals surface area contributed by atoms with Gasteiger partial charge < -0.3 is 5.43 Å². The highest BCUT2D eigenvalue weighted by molar-refractivity contribution is 7.89. The second-order valence-electron chi connectivity index (χ2n) is 6.28. The van der Waals surface area contributed by atoms with Gasteiger partial charge in [0.05, 0.1) is 5.02 Å². The Bertz CT molecular complexity index is 679. The van der Waals surface area contributed by atoms with Gasteiger partial charge >= 0.3 is 0 Å². The molecule has 4 N–H and O–H groups in total. The summed E-state index contributed by atoms with van der Waals surface area (Å²) in [7, 11) is -3.57. The highest BCUT2D eigenvalue weighted by Gasteiger charge is 2.65. The Hall–Kier alpha value is -0.890. The number of halogens is 1. The van der Waals surface area contributed by atoms with Crippen molar-refractivity contribution in [3.05, 3.63) is 17.3 Å². The van der Waals surface area contributed by atoms with E-state index in [1.54, 1.807) is 0 Å². The largest absolute Gasteiger partial charge is 0.307 e. The van der Waals surface area contributed by atoms with Gasteiger partial charge in [-0.25, -0.2) is 24.0 Å². The Balaban J connectivity index is 1.54. The van der Waals surface area contributed by atoms with E-state index in [0.717, 1.165) is 11.8 Å². The van der Waals surface area contributed by atoms with Crippen LogP contribution in [0.15, 0.2) is 17.2 Å². The average molecular weight is 329 g/mol. The number of fused-ring (bicyclic) bond motifs is 5. The SMILES string of the molecule is NNc1ncc(S(=O)(=O)NC2C3C4CCC(C4)C23)cc1Cl. The van der Waals surface area contributed by atoms with Crippen LogP contribution in [0.1, 0.15) is 19.3 Å². The minimum absolute atomic E-state index is 0.0869. The number of anilines is 1. The van der Waals surface area contributed by atoms with E-state index in [0.29, 0.717) is 11.8 Å². The van der Waals surface area contributed by atoms with Crippen LogP contribution in [0.2, 0.25) is 5.02 Å². The van der Waals surface area contributed by atoms with E-state index in [2.05, 4.69) is 15.1 Å².